The first-order chi connectivity index (χ1) is 14.5. The maximum Gasteiger partial charge on any atom is 0.344 e. The number of benzene rings is 3. The highest BCUT2D eigenvalue weighted by molar-refractivity contribution is 6.09. The van der Waals surface area contributed by atoms with E-state index in [-0.39, 0.29) is 19.0 Å². The van der Waals surface area contributed by atoms with Gasteiger partial charge in [0.1, 0.15) is 11.3 Å². The van der Waals surface area contributed by atoms with Gasteiger partial charge in [-0.15, -0.1) is 0 Å². The Hall–Kier alpha value is -3.93. The predicted molar refractivity (Wildman–Crippen MR) is 112 cm³/mol. The van der Waals surface area contributed by atoms with E-state index in [9.17, 15) is 14.4 Å². The van der Waals surface area contributed by atoms with Crippen LogP contribution < -0.4 is 10.4 Å². The Morgan fingerprint density at radius 3 is 2.57 bits per heavy atom. The summed E-state index contributed by atoms with van der Waals surface area (Å²) >= 11 is 0. The summed E-state index contributed by atoms with van der Waals surface area (Å²) in [6, 6.07) is 19.3. The Morgan fingerprint density at radius 2 is 1.70 bits per heavy atom. The largest absolute Gasteiger partial charge is 0.482 e. The van der Waals surface area contributed by atoms with Gasteiger partial charge in [-0.25, -0.2) is 9.59 Å². The molecule has 4 rings (SSSR count). The van der Waals surface area contributed by atoms with Gasteiger partial charge in [0.2, 0.25) is 5.78 Å². The Labute approximate surface area is 171 Å². The van der Waals surface area contributed by atoms with Crippen LogP contribution in [0.2, 0.25) is 0 Å². The highest BCUT2D eigenvalue weighted by Crippen LogP contribution is 2.22. The van der Waals surface area contributed by atoms with Crippen molar-refractivity contribution in [3.63, 3.8) is 0 Å². The Balaban J connectivity index is 1.37. The molecule has 0 unspecified atom stereocenters. The zero-order valence-electron chi connectivity index (χ0n) is 16.2. The summed E-state index contributed by atoms with van der Waals surface area (Å²) in [4.78, 5) is 36.0. The van der Waals surface area contributed by atoms with Crippen molar-refractivity contribution >= 4 is 33.5 Å². The molecule has 1 heterocycles. The van der Waals surface area contributed by atoms with E-state index in [1.54, 1.807) is 24.3 Å². The Bertz CT molecular complexity index is 1310. The average Bonchev–Trinajstić information content (AvgIpc) is 2.75. The molecule has 0 atom stereocenters. The number of aryl methyl sites for hydroxylation is 1. The minimum absolute atomic E-state index is 0.289. The normalized spacial score (nSPS) is 10.8. The van der Waals surface area contributed by atoms with Gasteiger partial charge in [0.05, 0.1) is 0 Å². The number of hydrogen-bond donors (Lipinski definition) is 0. The van der Waals surface area contributed by atoms with Gasteiger partial charge in [-0.05, 0) is 35.4 Å². The molecule has 0 amide bonds. The Morgan fingerprint density at radius 1 is 0.900 bits per heavy atom. The molecule has 3 aromatic carbocycles. The van der Waals surface area contributed by atoms with Gasteiger partial charge in [-0.2, -0.15) is 0 Å². The lowest BCUT2D eigenvalue weighted by atomic mass is 10.0. The van der Waals surface area contributed by atoms with Crippen molar-refractivity contribution in [2.24, 2.45) is 0 Å². The summed E-state index contributed by atoms with van der Waals surface area (Å²) in [5.41, 5.74) is 1.21. The summed E-state index contributed by atoms with van der Waals surface area (Å²) in [7, 11) is 0. The highest BCUT2D eigenvalue weighted by atomic mass is 16.6. The van der Waals surface area contributed by atoms with Crippen LogP contribution >= 0.6 is 0 Å². The number of hydrogen-bond acceptors (Lipinski definition) is 6. The highest BCUT2D eigenvalue weighted by Gasteiger charge is 2.13. The molecule has 1 aromatic heterocycles. The molecule has 0 aliphatic rings. The number of ketones is 1. The van der Waals surface area contributed by atoms with E-state index in [2.05, 4.69) is 0 Å². The molecule has 0 saturated heterocycles. The van der Waals surface area contributed by atoms with E-state index in [0.717, 1.165) is 21.7 Å². The van der Waals surface area contributed by atoms with Crippen molar-refractivity contribution in [3.8, 4) is 5.75 Å². The third-order valence-corrected chi connectivity index (χ3v) is 4.73. The van der Waals surface area contributed by atoms with Crippen molar-refractivity contribution in [3.05, 3.63) is 88.3 Å². The van der Waals surface area contributed by atoms with Crippen molar-refractivity contribution in [1.29, 1.82) is 0 Å². The standard InChI is InChI=1S/C24H18O6/c1-15-11-23(26)30-22-12-17(9-10-18(15)22)28-14-24(27)29-13-21(25)20-8-4-6-16-5-2-3-7-19(16)20/h2-12H,13-14H2,1H3. The van der Waals surface area contributed by atoms with Gasteiger partial charge in [-0.3, -0.25) is 4.79 Å². The van der Waals surface area contributed by atoms with Crippen molar-refractivity contribution < 1.29 is 23.5 Å². The van der Waals surface area contributed by atoms with E-state index in [1.807, 2.05) is 37.3 Å². The van der Waals surface area contributed by atoms with Crippen LogP contribution in [-0.4, -0.2) is 25.0 Å². The average molecular weight is 402 g/mol. The van der Waals surface area contributed by atoms with Crippen LogP contribution in [0.4, 0.5) is 0 Å². The number of fused-ring (bicyclic) bond motifs is 2. The molecule has 0 bridgehead atoms. The van der Waals surface area contributed by atoms with Gasteiger partial charge in [-0.1, -0.05) is 42.5 Å². The minimum atomic E-state index is -0.672. The lowest BCUT2D eigenvalue weighted by Crippen LogP contribution is -2.19. The van der Waals surface area contributed by atoms with E-state index in [0.29, 0.717) is 16.9 Å². The van der Waals surface area contributed by atoms with Crippen LogP contribution in [0.5, 0.6) is 5.75 Å². The second kappa shape index (κ2) is 8.21. The molecule has 150 valence electrons. The third kappa shape index (κ3) is 4.07. The second-order valence-corrected chi connectivity index (χ2v) is 6.81. The molecule has 0 N–H and O–H groups in total. The molecule has 0 aliphatic carbocycles. The van der Waals surface area contributed by atoms with Crippen molar-refractivity contribution in [2.75, 3.05) is 13.2 Å². The fraction of sp³-hybridized carbons (Fsp3) is 0.125. The van der Waals surface area contributed by atoms with Gasteiger partial charge in [0.25, 0.3) is 0 Å². The maximum atomic E-state index is 12.5. The zero-order chi connectivity index (χ0) is 21.1. The third-order valence-electron chi connectivity index (χ3n) is 4.73. The molecule has 30 heavy (non-hydrogen) atoms. The minimum Gasteiger partial charge on any atom is -0.482 e. The van der Waals surface area contributed by atoms with Crippen LogP contribution in [0.1, 0.15) is 15.9 Å². The van der Waals surface area contributed by atoms with E-state index in [4.69, 9.17) is 13.9 Å². The molecule has 0 saturated carbocycles. The van der Waals surface area contributed by atoms with Gasteiger partial charge in [0, 0.05) is 23.1 Å². The number of ether oxygens (including phenoxy) is 2. The zero-order valence-corrected chi connectivity index (χ0v) is 16.2. The summed E-state index contributed by atoms with van der Waals surface area (Å²) in [5.74, 6) is -0.605. The first-order valence-electron chi connectivity index (χ1n) is 9.35. The van der Waals surface area contributed by atoms with Crippen LogP contribution in [-0.2, 0) is 9.53 Å². The van der Waals surface area contributed by atoms with E-state index < -0.39 is 11.6 Å². The van der Waals surface area contributed by atoms with Gasteiger partial charge >= 0.3 is 11.6 Å². The van der Waals surface area contributed by atoms with Crippen molar-refractivity contribution in [1.82, 2.24) is 0 Å². The number of carbonyl (C=O) groups is 2. The fourth-order valence-electron chi connectivity index (χ4n) is 3.27. The van der Waals surface area contributed by atoms with Crippen molar-refractivity contribution in [2.45, 2.75) is 6.92 Å². The molecule has 6 nitrogen and oxygen atoms in total. The molecule has 0 aliphatic heterocycles. The first kappa shape index (κ1) is 19.4. The van der Waals surface area contributed by atoms with Crippen LogP contribution in [0.3, 0.4) is 0 Å². The summed E-state index contributed by atoms with van der Waals surface area (Å²) in [6.45, 7) is 1.07. The van der Waals surface area contributed by atoms with Gasteiger partial charge < -0.3 is 13.9 Å². The van der Waals surface area contributed by atoms with Crippen LogP contribution in [0.25, 0.3) is 21.7 Å². The second-order valence-electron chi connectivity index (χ2n) is 6.81. The van der Waals surface area contributed by atoms with Gasteiger partial charge in [0.15, 0.2) is 13.2 Å². The SMILES string of the molecule is Cc1cc(=O)oc2cc(OCC(=O)OCC(=O)c3cccc4ccccc34)ccc12. The van der Waals surface area contributed by atoms with E-state index >= 15 is 0 Å². The summed E-state index contributed by atoms with van der Waals surface area (Å²) in [6.07, 6.45) is 0. The summed E-state index contributed by atoms with van der Waals surface area (Å²) < 4.78 is 15.6. The Kier molecular flexibility index (Phi) is 5.30. The lowest BCUT2D eigenvalue weighted by Gasteiger charge is -2.09. The maximum absolute atomic E-state index is 12.5. The molecule has 0 spiro atoms. The summed E-state index contributed by atoms with van der Waals surface area (Å²) in [5, 5.41) is 2.53. The first-order valence-corrected chi connectivity index (χ1v) is 9.35. The quantitative estimate of drug-likeness (QED) is 0.275. The number of esters is 1. The number of rotatable bonds is 6. The number of Topliss-reactive ketones (excluding diaryl/α,β-unsaturated/α-hetero) is 1. The smallest absolute Gasteiger partial charge is 0.344 e. The lowest BCUT2D eigenvalue weighted by molar-refractivity contribution is -0.144. The molecule has 0 fully saturated rings. The predicted octanol–water partition coefficient (Wildman–Crippen LogP) is 4.06. The molecule has 4 aromatic rings. The number of carbonyl (C=O) groups excluding carboxylic acids is 2. The molecule has 6 heteroatoms. The van der Waals surface area contributed by atoms with E-state index in [1.165, 1.54) is 12.1 Å². The molecular weight excluding hydrogens is 384 g/mol. The van der Waals surface area contributed by atoms with Crippen LogP contribution in [0, 0.1) is 6.92 Å². The fourth-order valence-corrected chi connectivity index (χ4v) is 3.27. The monoisotopic (exact) mass is 402 g/mol. The van der Waals surface area contributed by atoms with Crippen LogP contribution in [0.15, 0.2) is 75.9 Å². The molecular formula is C24H18O6. The molecule has 0 radical (unpaired) electrons. The topological polar surface area (TPSA) is 82.8 Å².